The number of halogens is 1. The van der Waals surface area contributed by atoms with Crippen LogP contribution >= 0.6 is 11.6 Å². The van der Waals surface area contributed by atoms with Crippen LogP contribution < -0.4 is 0 Å². The Morgan fingerprint density at radius 2 is 2.10 bits per heavy atom. The number of hydrogen-bond acceptors (Lipinski definition) is 1. The summed E-state index contributed by atoms with van der Waals surface area (Å²) in [5.41, 5.74) is 3.24. The lowest BCUT2D eigenvalue weighted by atomic mass is 10.1. The Labute approximate surface area is 129 Å². The molecule has 4 heteroatoms. The van der Waals surface area contributed by atoms with E-state index in [0.717, 1.165) is 28.6 Å². The number of aliphatic carboxylic acids is 1. The van der Waals surface area contributed by atoms with E-state index in [-0.39, 0.29) is 5.57 Å². The largest absolute Gasteiger partial charge is 0.478 e. The smallest absolute Gasteiger partial charge is 0.331 e. The van der Waals surface area contributed by atoms with E-state index in [4.69, 9.17) is 16.7 Å². The van der Waals surface area contributed by atoms with Crippen LogP contribution in [0.5, 0.6) is 0 Å². The van der Waals surface area contributed by atoms with E-state index in [1.807, 2.05) is 19.1 Å². The Bertz CT molecular complexity index is 726. The molecule has 0 atom stereocenters. The molecule has 0 spiro atoms. The number of aryl methyl sites for hydroxylation is 1. The number of carbonyl (C=O) groups is 1. The van der Waals surface area contributed by atoms with Gasteiger partial charge in [-0.2, -0.15) is 0 Å². The molecule has 3 nitrogen and oxygen atoms in total. The molecule has 1 heterocycles. The monoisotopic (exact) mass is 305 g/mol. The number of aromatic nitrogens is 1. The number of hydrogen-bond donors (Lipinski definition) is 1. The quantitative estimate of drug-likeness (QED) is 0.828. The van der Waals surface area contributed by atoms with Gasteiger partial charge >= 0.3 is 5.97 Å². The summed E-state index contributed by atoms with van der Waals surface area (Å²) in [5, 5.41) is 10.7. The van der Waals surface area contributed by atoms with Gasteiger partial charge in [0.2, 0.25) is 0 Å². The molecule has 0 aliphatic rings. The molecule has 1 aromatic carbocycles. The average Bonchev–Trinajstić information content (AvgIpc) is 2.63. The molecule has 0 unspecified atom stereocenters. The van der Waals surface area contributed by atoms with Gasteiger partial charge in [0, 0.05) is 28.6 Å². The first-order chi connectivity index (χ1) is 9.81. The lowest BCUT2D eigenvalue weighted by Gasteiger charge is -2.10. The maximum absolute atomic E-state index is 11.1. The lowest BCUT2D eigenvalue weighted by molar-refractivity contribution is -0.132. The molecule has 0 saturated carbocycles. The number of fused-ring (bicyclic) bond motifs is 1. The molecular formula is C17H20ClNO2. The molecule has 0 radical (unpaired) electrons. The molecule has 21 heavy (non-hydrogen) atoms. The highest BCUT2D eigenvalue weighted by atomic mass is 35.5. The first kappa shape index (κ1) is 15.6. The molecule has 0 aliphatic heterocycles. The van der Waals surface area contributed by atoms with E-state index >= 15 is 0 Å². The summed E-state index contributed by atoms with van der Waals surface area (Å²) in [6.45, 7) is 8.67. The number of benzene rings is 1. The Hall–Kier alpha value is -1.74. The van der Waals surface area contributed by atoms with E-state index in [0.29, 0.717) is 11.1 Å². The van der Waals surface area contributed by atoms with Crippen LogP contribution in [0, 0.1) is 12.8 Å². The van der Waals surface area contributed by atoms with Crippen LogP contribution in [0.2, 0.25) is 5.15 Å². The Kier molecular flexibility index (Phi) is 4.43. The third kappa shape index (κ3) is 3.13. The Morgan fingerprint density at radius 1 is 1.43 bits per heavy atom. The van der Waals surface area contributed by atoms with Crippen LogP contribution in [-0.2, 0) is 11.3 Å². The van der Waals surface area contributed by atoms with Crippen molar-refractivity contribution >= 4 is 34.5 Å². The first-order valence-corrected chi connectivity index (χ1v) is 7.39. The van der Waals surface area contributed by atoms with Crippen molar-refractivity contribution in [3.8, 4) is 0 Å². The van der Waals surface area contributed by atoms with Crippen molar-refractivity contribution in [3.05, 3.63) is 40.1 Å². The van der Waals surface area contributed by atoms with Gasteiger partial charge in [0.15, 0.2) is 0 Å². The van der Waals surface area contributed by atoms with Gasteiger partial charge in [0.05, 0.1) is 0 Å². The Morgan fingerprint density at radius 3 is 2.67 bits per heavy atom. The van der Waals surface area contributed by atoms with Crippen LogP contribution in [0.4, 0.5) is 0 Å². The average molecular weight is 306 g/mol. The predicted molar refractivity (Wildman–Crippen MR) is 87.8 cm³/mol. The molecule has 0 amide bonds. The standard InChI is InChI=1S/C17H20ClNO2/c1-10(2)9-19-15-6-5-11(3)7-13(15)14(16(19)18)8-12(4)17(20)21/h5-8,10H,9H2,1-4H3,(H,20,21)/b12-8+. The summed E-state index contributed by atoms with van der Waals surface area (Å²) in [7, 11) is 0. The summed E-state index contributed by atoms with van der Waals surface area (Å²) in [6.07, 6.45) is 1.66. The minimum Gasteiger partial charge on any atom is -0.478 e. The van der Waals surface area contributed by atoms with E-state index in [1.165, 1.54) is 0 Å². The zero-order valence-corrected chi connectivity index (χ0v) is 13.5. The topological polar surface area (TPSA) is 42.2 Å². The molecule has 112 valence electrons. The minimum absolute atomic E-state index is 0.280. The molecule has 0 saturated heterocycles. The maximum atomic E-state index is 11.1. The zero-order valence-electron chi connectivity index (χ0n) is 12.8. The highest BCUT2D eigenvalue weighted by Gasteiger charge is 2.16. The second kappa shape index (κ2) is 5.94. The van der Waals surface area contributed by atoms with Crippen LogP contribution in [0.25, 0.3) is 17.0 Å². The van der Waals surface area contributed by atoms with Gasteiger partial charge in [-0.05, 0) is 38.0 Å². The van der Waals surface area contributed by atoms with Crippen LogP contribution in [-0.4, -0.2) is 15.6 Å². The molecule has 1 aromatic heterocycles. The zero-order chi connectivity index (χ0) is 15.7. The van der Waals surface area contributed by atoms with E-state index in [2.05, 4.69) is 24.5 Å². The first-order valence-electron chi connectivity index (χ1n) is 7.01. The third-order valence-corrected chi connectivity index (χ3v) is 3.85. The number of carboxylic acid groups (broad SMARTS) is 1. The fourth-order valence-electron chi connectivity index (χ4n) is 2.42. The summed E-state index contributed by atoms with van der Waals surface area (Å²) < 4.78 is 2.06. The van der Waals surface area contributed by atoms with Crippen LogP contribution in [0.1, 0.15) is 31.9 Å². The van der Waals surface area contributed by atoms with Crippen molar-refractivity contribution in [3.63, 3.8) is 0 Å². The van der Waals surface area contributed by atoms with Crippen LogP contribution in [0.3, 0.4) is 0 Å². The van der Waals surface area contributed by atoms with Crippen LogP contribution in [0.15, 0.2) is 23.8 Å². The number of carboxylic acids is 1. The number of rotatable bonds is 4. The summed E-state index contributed by atoms with van der Waals surface area (Å²) >= 11 is 6.52. The van der Waals surface area contributed by atoms with Gasteiger partial charge < -0.3 is 9.67 Å². The minimum atomic E-state index is -0.927. The second-order valence-corrected chi connectivity index (χ2v) is 6.22. The highest BCUT2D eigenvalue weighted by Crippen LogP contribution is 2.33. The molecule has 2 aromatic rings. The van der Waals surface area contributed by atoms with Crippen molar-refractivity contribution < 1.29 is 9.90 Å². The SMILES string of the molecule is C/C(=C\c1c(Cl)n(CC(C)C)c2ccc(C)cc12)C(=O)O. The Balaban J connectivity index is 2.74. The maximum Gasteiger partial charge on any atom is 0.331 e. The van der Waals surface area contributed by atoms with E-state index in [1.54, 1.807) is 13.0 Å². The van der Waals surface area contributed by atoms with Gasteiger partial charge in [0.1, 0.15) is 5.15 Å². The van der Waals surface area contributed by atoms with Gasteiger partial charge in [-0.1, -0.05) is 37.1 Å². The lowest BCUT2D eigenvalue weighted by Crippen LogP contribution is -2.04. The van der Waals surface area contributed by atoms with Crippen molar-refractivity contribution in [1.29, 1.82) is 0 Å². The van der Waals surface area contributed by atoms with E-state index in [9.17, 15) is 4.79 Å². The highest BCUT2D eigenvalue weighted by molar-refractivity contribution is 6.33. The molecule has 0 aliphatic carbocycles. The van der Waals surface area contributed by atoms with Gasteiger partial charge in [-0.15, -0.1) is 0 Å². The normalized spacial score (nSPS) is 12.4. The molecule has 0 fully saturated rings. The third-order valence-electron chi connectivity index (χ3n) is 3.44. The van der Waals surface area contributed by atoms with Gasteiger partial charge in [-0.3, -0.25) is 0 Å². The van der Waals surface area contributed by atoms with Crippen molar-refractivity contribution in [2.24, 2.45) is 5.92 Å². The fourth-order valence-corrected chi connectivity index (χ4v) is 2.74. The fraction of sp³-hybridized carbons (Fsp3) is 0.353. The molecule has 0 bridgehead atoms. The second-order valence-electron chi connectivity index (χ2n) is 5.86. The molecular weight excluding hydrogens is 286 g/mol. The number of nitrogens with zero attached hydrogens (tertiary/aromatic N) is 1. The summed E-state index contributed by atoms with van der Waals surface area (Å²) in [5.74, 6) is -0.472. The van der Waals surface area contributed by atoms with Gasteiger partial charge in [-0.25, -0.2) is 4.79 Å². The molecule has 2 rings (SSSR count). The predicted octanol–water partition coefficient (Wildman–Crippen LogP) is 4.75. The van der Waals surface area contributed by atoms with Crippen molar-refractivity contribution in [2.75, 3.05) is 0 Å². The van der Waals surface area contributed by atoms with Gasteiger partial charge in [0.25, 0.3) is 0 Å². The summed E-state index contributed by atoms with van der Waals surface area (Å²) in [6, 6.07) is 6.15. The summed E-state index contributed by atoms with van der Waals surface area (Å²) in [4.78, 5) is 11.1. The van der Waals surface area contributed by atoms with Crippen molar-refractivity contribution in [2.45, 2.75) is 34.2 Å². The van der Waals surface area contributed by atoms with Crippen molar-refractivity contribution in [1.82, 2.24) is 4.57 Å². The molecule has 1 N–H and O–H groups in total. The van der Waals surface area contributed by atoms with E-state index < -0.39 is 5.97 Å².